The van der Waals surface area contributed by atoms with E-state index in [9.17, 15) is 9.59 Å². The molecule has 1 aromatic heterocycles. The van der Waals surface area contributed by atoms with Gasteiger partial charge in [0.25, 0.3) is 0 Å². The average molecular weight is 282 g/mol. The van der Waals surface area contributed by atoms with E-state index in [0.717, 1.165) is 10.7 Å². The molecule has 1 aliphatic rings. The van der Waals surface area contributed by atoms with Crippen molar-refractivity contribution in [2.75, 3.05) is 0 Å². The Labute approximate surface area is 116 Å². The first-order valence-electron chi connectivity index (χ1n) is 6.24. The van der Waals surface area contributed by atoms with Crippen molar-refractivity contribution in [1.29, 1.82) is 0 Å². The van der Waals surface area contributed by atoms with Gasteiger partial charge in [-0.05, 0) is 6.42 Å². The van der Waals surface area contributed by atoms with Crippen LogP contribution in [-0.4, -0.2) is 22.0 Å². The van der Waals surface area contributed by atoms with Crippen LogP contribution in [0.5, 0.6) is 0 Å². The van der Waals surface area contributed by atoms with Crippen molar-refractivity contribution in [1.82, 2.24) is 10.3 Å². The highest BCUT2D eigenvalue weighted by Gasteiger charge is 2.48. The van der Waals surface area contributed by atoms with Gasteiger partial charge in [-0.25, -0.2) is 4.98 Å². The van der Waals surface area contributed by atoms with Crippen LogP contribution in [0.1, 0.15) is 37.9 Å². The van der Waals surface area contributed by atoms with Crippen LogP contribution in [0.15, 0.2) is 5.38 Å². The Balaban J connectivity index is 1.85. The molecule has 0 aromatic carbocycles. The number of hydrogen-bond donors (Lipinski definition) is 2. The largest absolute Gasteiger partial charge is 0.481 e. The Hall–Kier alpha value is -1.43. The number of aromatic nitrogens is 1. The molecule has 5 nitrogen and oxygen atoms in total. The summed E-state index contributed by atoms with van der Waals surface area (Å²) in [4.78, 5) is 26.8. The predicted octanol–water partition coefficient (Wildman–Crippen LogP) is 1.78. The summed E-state index contributed by atoms with van der Waals surface area (Å²) in [6, 6.07) is 0. The maximum atomic E-state index is 11.7. The Morgan fingerprint density at radius 2 is 2.16 bits per heavy atom. The molecule has 0 aliphatic heterocycles. The number of carboxylic acid groups (broad SMARTS) is 1. The first-order valence-corrected chi connectivity index (χ1v) is 7.12. The van der Waals surface area contributed by atoms with E-state index in [1.807, 2.05) is 5.38 Å². The number of carbonyl (C=O) groups is 2. The highest BCUT2D eigenvalue weighted by molar-refractivity contribution is 7.09. The lowest BCUT2D eigenvalue weighted by Crippen LogP contribution is -2.26. The standard InChI is InChI=1S/C13H18N2O3S/c1-13(2,3)9-6-19-10(15-9)5-14-11(16)7-4-8(7)12(17)18/h6-8H,4-5H2,1-3H3,(H,14,16)(H,17,18)/t7-,8+/m1/s1. The fraction of sp³-hybridized carbons (Fsp3) is 0.615. The minimum atomic E-state index is -0.885. The van der Waals surface area contributed by atoms with E-state index in [-0.39, 0.29) is 17.2 Å². The number of carboxylic acids is 1. The van der Waals surface area contributed by atoms with Crippen molar-refractivity contribution in [2.45, 2.75) is 39.2 Å². The molecule has 19 heavy (non-hydrogen) atoms. The highest BCUT2D eigenvalue weighted by Crippen LogP contribution is 2.38. The van der Waals surface area contributed by atoms with Gasteiger partial charge in [0, 0.05) is 10.8 Å². The molecule has 1 saturated carbocycles. The lowest BCUT2D eigenvalue weighted by Gasteiger charge is -2.14. The minimum absolute atomic E-state index is 0.00363. The molecule has 2 rings (SSSR count). The second-order valence-corrected chi connectivity index (χ2v) is 6.82. The van der Waals surface area contributed by atoms with Crippen molar-refractivity contribution in [3.05, 3.63) is 16.1 Å². The third-order valence-corrected chi connectivity index (χ3v) is 4.03. The molecule has 6 heteroatoms. The molecule has 2 N–H and O–H groups in total. The van der Waals surface area contributed by atoms with Crippen molar-refractivity contribution >= 4 is 23.2 Å². The summed E-state index contributed by atoms with van der Waals surface area (Å²) in [5, 5.41) is 14.4. The molecular formula is C13H18N2O3S. The maximum Gasteiger partial charge on any atom is 0.307 e. The number of hydrogen-bond acceptors (Lipinski definition) is 4. The number of rotatable bonds is 4. The number of nitrogens with one attached hydrogen (secondary N) is 1. The molecular weight excluding hydrogens is 264 g/mol. The summed E-state index contributed by atoms with van der Waals surface area (Å²) in [6.45, 7) is 6.65. The van der Waals surface area contributed by atoms with Gasteiger partial charge in [-0.15, -0.1) is 11.3 Å². The van der Waals surface area contributed by atoms with Crippen LogP contribution in [0.4, 0.5) is 0 Å². The lowest BCUT2D eigenvalue weighted by molar-refractivity contribution is -0.140. The zero-order valence-electron chi connectivity index (χ0n) is 11.3. The number of aliphatic carboxylic acids is 1. The molecule has 1 heterocycles. The Morgan fingerprint density at radius 3 is 2.63 bits per heavy atom. The van der Waals surface area contributed by atoms with Crippen molar-refractivity contribution in [3.63, 3.8) is 0 Å². The molecule has 2 atom stereocenters. The zero-order valence-corrected chi connectivity index (χ0v) is 12.1. The van der Waals surface area contributed by atoms with Crippen LogP contribution in [0.3, 0.4) is 0 Å². The Morgan fingerprint density at radius 1 is 1.47 bits per heavy atom. The van der Waals surface area contributed by atoms with Gasteiger partial charge in [0.1, 0.15) is 5.01 Å². The summed E-state index contributed by atoms with van der Waals surface area (Å²) in [6.07, 6.45) is 0.451. The van der Waals surface area contributed by atoms with Gasteiger partial charge in [-0.2, -0.15) is 0 Å². The van der Waals surface area contributed by atoms with Crippen LogP contribution < -0.4 is 5.32 Å². The van der Waals surface area contributed by atoms with Gasteiger partial charge < -0.3 is 10.4 Å². The fourth-order valence-corrected chi connectivity index (χ4v) is 2.75. The van der Waals surface area contributed by atoms with E-state index in [4.69, 9.17) is 5.11 Å². The first kappa shape index (κ1) is 14.0. The molecule has 1 amide bonds. The van der Waals surface area contributed by atoms with Crippen LogP contribution >= 0.6 is 11.3 Å². The first-order chi connectivity index (χ1) is 8.79. The second kappa shape index (κ2) is 4.92. The zero-order chi connectivity index (χ0) is 14.2. The third-order valence-electron chi connectivity index (χ3n) is 3.18. The van der Waals surface area contributed by atoms with E-state index >= 15 is 0 Å². The second-order valence-electron chi connectivity index (χ2n) is 5.88. The topological polar surface area (TPSA) is 79.3 Å². The molecule has 0 unspecified atom stereocenters. The number of carbonyl (C=O) groups excluding carboxylic acids is 1. The fourth-order valence-electron chi connectivity index (χ4n) is 1.79. The molecule has 104 valence electrons. The Kier molecular flexibility index (Phi) is 3.62. The Bertz CT molecular complexity index is 504. The number of nitrogens with zero attached hydrogens (tertiary/aromatic N) is 1. The van der Waals surface area contributed by atoms with E-state index < -0.39 is 11.9 Å². The summed E-state index contributed by atoms with van der Waals surface area (Å²) in [5.41, 5.74) is 1.01. The quantitative estimate of drug-likeness (QED) is 0.882. The maximum absolute atomic E-state index is 11.7. The molecule has 0 spiro atoms. The van der Waals surface area contributed by atoms with Gasteiger partial charge in [-0.1, -0.05) is 20.8 Å². The molecule has 0 bridgehead atoms. The van der Waals surface area contributed by atoms with Gasteiger partial charge in [0.2, 0.25) is 5.91 Å². The number of thiazole rings is 1. The third kappa shape index (κ3) is 3.32. The van der Waals surface area contributed by atoms with Crippen LogP contribution in [-0.2, 0) is 21.5 Å². The van der Waals surface area contributed by atoms with Gasteiger partial charge in [0.15, 0.2) is 0 Å². The van der Waals surface area contributed by atoms with Crippen LogP contribution in [0.2, 0.25) is 0 Å². The van der Waals surface area contributed by atoms with Crippen molar-refractivity contribution in [2.24, 2.45) is 11.8 Å². The van der Waals surface area contributed by atoms with Crippen molar-refractivity contribution in [3.8, 4) is 0 Å². The molecule has 0 radical (unpaired) electrons. The SMILES string of the molecule is CC(C)(C)c1csc(CNC(=O)[C@@H]2C[C@@H]2C(=O)O)n1. The summed E-state index contributed by atoms with van der Waals surface area (Å²) >= 11 is 1.52. The smallest absolute Gasteiger partial charge is 0.307 e. The van der Waals surface area contributed by atoms with E-state index in [1.54, 1.807) is 0 Å². The van der Waals surface area contributed by atoms with E-state index in [0.29, 0.717) is 13.0 Å². The summed E-state index contributed by atoms with van der Waals surface area (Å²) in [5.74, 6) is -1.93. The van der Waals surface area contributed by atoms with Gasteiger partial charge in [-0.3, -0.25) is 9.59 Å². The molecule has 1 aliphatic carbocycles. The molecule has 1 fully saturated rings. The summed E-state index contributed by atoms with van der Waals surface area (Å²) < 4.78 is 0. The monoisotopic (exact) mass is 282 g/mol. The molecule has 1 aromatic rings. The normalized spacial score (nSPS) is 22.1. The average Bonchev–Trinajstić information content (AvgIpc) is 2.96. The van der Waals surface area contributed by atoms with Gasteiger partial charge in [0.05, 0.1) is 24.1 Å². The van der Waals surface area contributed by atoms with E-state index in [1.165, 1.54) is 11.3 Å². The summed E-state index contributed by atoms with van der Waals surface area (Å²) in [7, 11) is 0. The van der Waals surface area contributed by atoms with E-state index in [2.05, 4.69) is 31.1 Å². The van der Waals surface area contributed by atoms with Gasteiger partial charge >= 0.3 is 5.97 Å². The minimum Gasteiger partial charge on any atom is -0.481 e. The predicted molar refractivity (Wildman–Crippen MR) is 71.9 cm³/mol. The highest BCUT2D eigenvalue weighted by atomic mass is 32.1. The lowest BCUT2D eigenvalue weighted by atomic mass is 9.93. The molecule has 0 saturated heterocycles. The van der Waals surface area contributed by atoms with Crippen molar-refractivity contribution < 1.29 is 14.7 Å². The van der Waals surface area contributed by atoms with Crippen LogP contribution in [0.25, 0.3) is 0 Å². The van der Waals surface area contributed by atoms with Crippen LogP contribution in [0, 0.1) is 11.8 Å². The number of amides is 1.